The molecular weight excluding hydrogens is 263 g/mol. The van der Waals surface area contributed by atoms with Gasteiger partial charge in [0.05, 0.1) is 0 Å². The lowest BCUT2D eigenvalue weighted by Crippen LogP contribution is -2.21. The molecule has 0 aliphatic carbocycles. The van der Waals surface area contributed by atoms with Crippen LogP contribution in [0.5, 0.6) is 0 Å². The molecule has 0 radical (unpaired) electrons. The monoisotopic (exact) mass is 276 g/mol. The molecule has 0 aliphatic rings. The Morgan fingerprint density at radius 2 is 2.11 bits per heavy atom. The number of benzene rings is 1. The molecule has 0 bridgehead atoms. The molecule has 98 valence electrons. The van der Waals surface area contributed by atoms with E-state index in [2.05, 4.69) is 0 Å². The van der Waals surface area contributed by atoms with Gasteiger partial charge in [-0.2, -0.15) is 0 Å². The third-order valence-electron chi connectivity index (χ3n) is 3.28. The number of aliphatic hydroxyl groups is 1. The highest BCUT2D eigenvalue weighted by atomic mass is 32.1. The Bertz CT molecular complexity index is 740. The Kier molecular flexibility index (Phi) is 2.73. The van der Waals surface area contributed by atoms with Crippen molar-refractivity contribution in [1.82, 2.24) is 0 Å². The number of rotatable bonds is 2. The van der Waals surface area contributed by atoms with Gasteiger partial charge in [0, 0.05) is 10.3 Å². The largest absolute Gasteiger partial charge is 0.455 e. The lowest BCUT2D eigenvalue weighted by atomic mass is 9.98. The third kappa shape index (κ3) is 1.88. The SMILES string of the molecule is Cc1ccsc1C(C)(O)c1cc2cccc(F)c2o1. The van der Waals surface area contributed by atoms with Gasteiger partial charge < -0.3 is 9.52 Å². The summed E-state index contributed by atoms with van der Waals surface area (Å²) in [4.78, 5) is 0.812. The second-order valence-corrected chi connectivity index (χ2v) is 5.69. The number of halogens is 1. The quantitative estimate of drug-likeness (QED) is 0.761. The maximum absolute atomic E-state index is 13.6. The average molecular weight is 276 g/mol. The van der Waals surface area contributed by atoms with Gasteiger partial charge in [-0.25, -0.2) is 4.39 Å². The minimum absolute atomic E-state index is 0.187. The summed E-state index contributed by atoms with van der Waals surface area (Å²) in [5.41, 5.74) is -0.0631. The van der Waals surface area contributed by atoms with E-state index < -0.39 is 11.4 Å². The fraction of sp³-hybridized carbons (Fsp3) is 0.200. The van der Waals surface area contributed by atoms with Crippen LogP contribution in [0.4, 0.5) is 4.39 Å². The standard InChI is InChI=1S/C15H13FO2S/c1-9-6-7-19-14(9)15(2,17)12-8-10-4-3-5-11(16)13(10)18-12/h3-8,17H,1-2H3. The number of fused-ring (bicyclic) bond motifs is 1. The third-order valence-corrected chi connectivity index (χ3v) is 4.51. The van der Waals surface area contributed by atoms with Gasteiger partial charge in [0.25, 0.3) is 0 Å². The molecule has 0 amide bonds. The Hall–Kier alpha value is -1.65. The predicted molar refractivity (Wildman–Crippen MR) is 73.9 cm³/mol. The van der Waals surface area contributed by atoms with E-state index in [1.54, 1.807) is 25.1 Å². The van der Waals surface area contributed by atoms with E-state index in [0.717, 1.165) is 10.4 Å². The van der Waals surface area contributed by atoms with Crippen molar-refractivity contribution < 1.29 is 13.9 Å². The normalized spacial score (nSPS) is 14.7. The average Bonchev–Trinajstić information content (AvgIpc) is 2.96. The van der Waals surface area contributed by atoms with Gasteiger partial charge in [-0.3, -0.25) is 0 Å². The molecule has 1 aromatic carbocycles. The first-order valence-corrected chi connectivity index (χ1v) is 6.83. The van der Waals surface area contributed by atoms with Crippen molar-refractivity contribution in [3.8, 4) is 0 Å². The molecule has 0 saturated heterocycles. The first-order chi connectivity index (χ1) is 9.00. The van der Waals surface area contributed by atoms with E-state index in [1.165, 1.54) is 17.4 Å². The lowest BCUT2D eigenvalue weighted by Gasteiger charge is -2.20. The van der Waals surface area contributed by atoms with Crippen LogP contribution in [0.15, 0.2) is 40.1 Å². The molecular formula is C15H13FO2S. The second kappa shape index (κ2) is 4.18. The van der Waals surface area contributed by atoms with E-state index in [9.17, 15) is 9.50 Å². The fourth-order valence-electron chi connectivity index (χ4n) is 2.25. The smallest absolute Gasteiger partial charge is 0.170 e. The number of hydrogen-bond acceptors (Lipinski definition) is 3. The van der Waals surface area contributed by atoms with Gasteiger partial charge in [0.2, 0.25) is 0 Å². The summed E-state index contributed by atoms with van der Waals surface area (Å²) >= 11 is 1.46. The van der Waals surface area contributed by atoms with Crippen LogP contribution in [0, 0.1) is 12.7 Å². The molecule has 2 nitrogen and oxygen atoms in total. The van der Waals surface area contributed by atoms with E-state index in [-0.39, 0.29) is 5.58 Å². The van der Waals surface area contributed by atoms with Crippen LogP contribution < -0.4 is 0 Å². The summed E-state index contributed by atoms with van der Waals surface area (Å²) in [7, 11) is 0. The molecule has 0 saturated carbocycles. The summed E-state index contributed by atoms with van der Waals surface area (Å²) in [6.45, 7) is 3.60. The number of furan rings is 1. The van der Waals surface area contributed by atoms with Gasteiger partial charge in [0.15, 0.2) is 17.0 Å². The van der Waals surface area contributed by atoms with Crippen molar-refractivity contribution in [2.24, 2.45) is 0 Å². The van der Waals surface area contributed by atoms with Crippen LogP contribution in [0.25, 0.3) is 11.0 Å². The maximum atomic E-state index is 13.6. The van der Waals surface area contributed by atoms with Gasteiger partial charge in [-0.15, -0.1) is 11.3 Å². The van der Waals surface area contributed by atoms with E-state index >= 15 is 0 Å². The van der Waals surface area contributed by atoms with E-state index in [1.807, 2.05) is 18.4 Å². The summed E-state index contributed by atoms with van der Waals surface area (Å²) in [5.74, 6) is -0.0550. The van der Waals surface area contributed by atoms with Crippen LogP contribution in [0.3, 0.4) is 0 Å². The zero-order valence-electron chi connectivity index (χ0n) is 10.6. The molecule has 0 aliphatic heterocycles. The minimum atomic E-state index is -1.25. The van der Waals surface area contributed by atoms with Crippen molar-refractivity contribution in [3.63, 3.8) is 0 Å². The Balaban J connectivity index is 2.19. The van der Waals surface area contributed by atoms with Crippen molar-refractivity contribution in [2.75, 3.05) is 0 Å². The Morgan fingerprint density at radius 3 is 2.74 bits per heavy atom. The van der Waals surface area contributed by atoms with Crippen molar-refractivity contribution >= 4 is 22.3 Å². The first kappa shape index (κ1) is 12.4. The Labute approximate surface area is 114 Å². The second-order valence-electron chi connectivity index (χ2n) is 4.77. The minimum Gasteiger partial charge on any atom is -0.455 e. The maximum Gasteiger partial charge on any atom is 0.170 e. The molecule has 1 unspecified atom stereocenters. The van der Waals surface area contributed by atoms with Crippen molar-refractivity contribution in [2.45, 2.75) is 19.4 Å². The van der Waals surface area contributed by atoms with Crippen LogP contribution in [-0.2, 0) is 5.60 Å². The predicted octanol–water partition coefficient (Wildman–Crippen LogP) is 4.20. The summed E-state index contributed by atoms with van der Waals surface area (Å²) in [5, 5.41) is 13.3. The number of thiophene rings is 1. The molecule has 19 heavy (non-hydrogen) atoms. The Morgan fingerprint density at radius 1 is 1.32 bits per heavy atom. The molecule has 2 heterocycles. The lowest BCUT2D eigenvalue weighted by molar-refractivity contribution is 0.0816. The molecule has 0 spiro atoms. The van der Waals surface area contributed by atoms with Crippen LogP contribution in [0.1, 0.15) is 23.1 Å². The molecule has 1 N–H and O–H groups in total. The summed E-state index contributed by atoms with van der Waals surface area (Å²) < 4.78 is 19.2. The van der Waals surface area contributed by atoms with Gasteiger partial charge in [-0.05, 0) is 43.0 Å². The van der Waals surface area contributed by atoms with Crippen molar-refractivity contribution in [1.29, 1.82) is 0 Å². The molecule has 1 atom stereocenters. The number of aryl methyl sites for hydroxylation is 1. The highest BCUT2D eigenvalue weighted by molar-refractivity contribution is 7.10. The highest BCUT2D eigenvalue weighted by Crippen LogP contribution is 2.37. The van der Waals surface area contributed by atoms with Gasteiger partial charge in [-0.1, -0.05) is 12.1 Å². The summed E-state index contributed by atoms with van der Waals surface area (Å²) in [6, 6.07) is 8.38. The summed E-state index contributed by atoms with van der Waals surface area (Å²) in [6.07, 6.45) is 0. The van der Waals surface area contributed by atoms with Crippen LogP contribution >= 0.6 is 11.3 Å². The van der Waals surface area contributed by atoms with Gasteiger partial charge >= 0.3 is 0 Å². The topological polar surface area (TPSA) is 33.4 Å². The first-order valence-electron chi connectivity index (χ1n) is 5.95. The van der Waals surface area contributed by atoms with E-state index in [4.69, 9.17) is 4.42 Å². The van der Waals surface area contributed by atoms with Crippen LogP contribution in [-0.4, -0.2) is 5.11 Å². The highest BCUT2D eigenvalue weighted by Gasteiger charge is 2.32. The molecule has 0 fully saturated rings. The number of para-hydroxylation sites is 1. The van der Waals surface area contributed by atoms with Crippen LogP contribution in [0.2, 0.25) is 0 Å². The zero-order valence-corrected chi connectivity index (χ0v) is 11.4. The van der Waals surface area contributed by atoms with E-state index in [0.29, 0.717) is 11.1 Å². The molecule has 4 heteroatoms. The van der Waals surface area contributed by atoms with Crippen molar-refractivity contribution in [3.05, 3.63) is 57.7 Å². The number of hydrogen-bond donors (Lipinski definition) is 1. The fourth-order valence-corrected chi connectivity index (χ4v) is 3.24. The molecule has 3 rings (SSSR count). The zero-order chi connectivity index (χ0) is 13.6. The van der Waals surface area contributed by atoms with Gasteiger partial charge in [0.1, 0.15) is 5.76 Å². The molecule has 2 aromatic heterocycles. The molecule has 3 aromatic rings.